The zero-order valence-electron chi connectivity index (χ0n) is 24.0. The van der Waals surface area contributed by atoms with E-state index in [0.29, 0.717) is 35.9 Å². The van der Waals surface area contributed by atoms with E-state index < -0.39 is 16.6 Å². The number of hydrogen-bond acceptors (Lipinski definition) is 5. The Morgan fingerprint density at radius 1 is 1.07 bits per heavy atom. The Bertz CT molecular complexity index is 1410. The van der Waals surface area contributed by atoms with Crippen LogP contribution in [-0.4, -0.2) is 73.8 Å². The fraction of sp³-hybridized carbons (Fsp3) is 0.548. The molecule has 1 aromatic carbocycles. The number of piperidine rings is 1. The summed E-state index contributed by atoms with van der Waals surface area (Å²) in [7, 11) is -0.557. The molecule has 0 bridgehead atoms. The molecular weight excluding hydrogens is 628 g/mol. The molecule has 3 aliphatic heterocycles. The van der Waals surface area contributed by atoms with Crippen molar-refractivity contribution < 1.29 is 41.3 Å². The van der Waals surface area contributed by atoms with E-state index in [1.165, 1.54) is 41.1 Å². The molecule has 1 N–H and O–H groups in total. The SMILES string of the molecule is O=S1CC(NC2CC[N-]C(c3ccccc3)C2)C1.O=c1c(CN2CC[N-]CC23CCCC3)cnc2ccc(F)cn12.[Y]. The minimum atomic E-state index is -0.557. The van der Waals surface area contributed by atoms with Crippen LogP contribution in [0.5, 0.6) is 0 Å². The number of piperazine rings is 1. The smallest absolute Gasteiger partial charge is 0.262 e. The van der Waals surface area contributed by atoms with Crippen molar-refractivity contribution in [1.82, 2.24) is 19.6 Å². The second-order valence-corrected chi connectivity index (χ2v) is 13.4. The summed E-state index contributed by atoms with van der Waals surface area (Å²) >= 11 is 0. The molecule has 2 aromatic heterocycles. The van der Waals surface area contributed by atoms with Gasteiger partial charge in [-0.05, 0) is 37.9 Å². The van der Waals surface area contributed by atoms with Crippen molar-refractivity contribution in [3.63, 3.8) is 0 Å². The molecule has 1 saturated carbocycles. The van der Waals surface area contributed by atoms with Crippen molar-refractivity contribution in [2.45, 2.75) is 68.7 Å². The Labute approximate surface area is 275 Å². The van der Waals surface area contributed by atoms with Crippen LogP contribution >= 0.6 is 0 Å². The Kier molecular flexibility index (Phi) is 11.1. The molecule has 4 aliphatic rings. The van der Waals surface area contributed by atoms with Gasteiger partial charge < -0.3 is 16.0 Å². The maximum atomic E-state index is 13.4. The van der Waals surface area contributed by atoms with E-state index in [2.05, 4.69) is 44.8 Å². The maximum absolute atomic E-state index is 13.4. The van der Waals surface area contributed by atoms with Gasteiger partial charge in [0.2, 0.25) is 0 Å². The second kappa shape index (κ2) is 14.6. The Morgan fingerprint density at radius 3 is 2.62 bits per heavy atom. The van der Waals surface area contributed by atoms with Gasteiger partial charge in [-0.25, -0.2) is 9.37 Å². The average molecular weight is 668 g/mol. The first-order valence-corrected chi connectivity index (χ1v) is 16.3. The molecule has 42 heavy (non-hydrogen) atoms. The van der Waals surface area contributed by atoms with Crippen molar-refractivity contribution in [2.24, 2.45) is 0 Å². The van der Waals surface area contributed by atoms with Crippen LogP contribution in [0.3, 0.4) is 0 Å². The monoisotopic (exact) mass is 667 g/mol. The molecule has 5 heterocycles. The van der Waals surface area contributed by atoms with Crippen LogP contribution in [0, 0.1) is 5.82 Å². The van der Waals surface area contributed by atoms with E-state index in [1.54, 1.807) is 6.20 Å². The summed E-state index contributed by atoms with van der Waals surface area (Å²) in [6.45, 7) is 4.07. The molecule has 0 amide bonds. The number of benzene rings is 1. The third kappa shape index (κ3) is 7.45. The van der Waals surface area contributed by atoms with Gasteiger partial charge in [-0.2, -0.15) is 0 Å². The summed E-state index contributed by atoms with van der Waals surface area (Å²) in [6.07, 6.45) is 9.80. The van der Waals surface area contributed by atoms with Crippen molar-refractivity contribution in [3.8, 4) is 0 Å². The normalized spacial score (nSPS) is 27.1. The zero-order chi connectivity index (χ0) is 28.2. The van der Waals surface area contributed by atoms with Crippen molar-refractivity contribution in [3.05, 3.63) is 92.8 Å². The number of rotatable bonds is 5. The summed E-state index contributed by atoms with van der Waals surface area (Å²) in [4.78, 5) is 19.4. The predicted octanol–water partition coefficient (Wildman–Crippen LogP) is 4.32. The van der Waals surface area contributed by atoms with Crippen molar-refractivity contribution >= 4 is 16.4 Å². The van der Waals surface area contributed by atoms with Gasteiger partial charge in [-0.15, -0.1) is 25.7 Å². The minimum absolute atomic E-state index is 0. The second-order valence-electron chi connectivity index (χ2n) is 11.8. The molecule has 3 saturated heterocycles. The molecule has 8 nitrogen and oxygen atoms in total. The van der Waals surface area contributed by atoms with Crippen LogP contribution in [0.1, 0.15) is 55.7 Å². The van der Waals surface area contributed by atoms with Gasteiger partial charge in [0, 0.05) is 91.6 Å². The van der Waals surface area contributed by atoms with Gasteiger partial charge in [0.1, 0.15) is 11.5 Å². The standard InChI is InChI=1S/C17H20FN4O.C14H19N2OS.Y/c18-14-3-4-15-20-9-13(16(23)22(15)11-14)10-21-8-7-19-12-17(21)5-1-2-6-17;17-18-9-13(10-18)16-12-6-7-15-14(8-12)11-4-2-1-3-5-11;/h3-4,9,11H,1-2,5-8,10,12H2;1-5,12-14,16H,6-10H2;/q2*-1;. The number of halogens is 1. The van der Waals surface area contributed by atoms with Crippen molar-refractivity contribution in [1.29, 1.82) is 0 Å². The quantitative estimate of drug-likeness (QED) is 0.438. The van der Waals surface area contributed by atoms with E-state index in [0.717, 1.165) is 63.4 Å². The summed E-state index contributed by atoms with van der Waals surface area (Å²) in [5, 5.41) is 12.9. The number of nitrogens with zero attached hydrogens (tertiary/aromatic N) is 5. The van der Waals surface area contributed by atoms with Gasteiger partial charge in [0.05, 0.1) is 5.56 Å². The molecule has 11 heteroatoms. The van der Waals surface area contributed by atoms with Gasteiger partial charge in [-0.3, -0.25) is 18.3 Å². The van der Waals surface area contributed by atoms with E-state index in [-0.39, 0.29) is 43.8 Å². The average Bonchev–Trinajstić information content (AvgIpc) is 3.45. The first-order chi connectivity index (χ1) is 20.0. The predicted molar refractivity (Wildman–Crippen MR) is 161 cm³/mol. The third-order valence-electron chi connectivity index (χ3n) is 9.00. The first-order valence-electron chi connectivity index (χ1n) is 14.9. The Hall–Kier alpha value is -1.40. The molecule has 3 aromatic rings. The number of hydrogen-bond donors (Lipinski definition) is 1. The van der Waals surface area contributed by atoms with Crippen LogP contribution in [0.15, 0.2) is 59.7 Å². The topological polar surface area (TPSA) is 94.9 Å². The van der Waals surface area contributed by atoms with E-state index in [1.807, 2.05) is 6.07 Å². The molecule has 7 rings (SSSR count). The summed E-state index contributed by atoms with van der Waals surface area (Å²) in [5.74, 6) is 1.25. The molecule has 2 unspecified atom stereocenters. The molecule has 2 atom stereocenters. The van der Waals surface area contributed by atoms with E-state index >= 15 is 0 Å². The van der Waals surface area contributed by atoms with Gasteiger partial charge in [0.25, 0.3) is 5.56 Å². The maximum Gasteiger partial charge on any atom is 0.262 e. The fourth-order valence-corrected chi connectivity index (χ4v) is 7.71. The molecule has 1 aliphatic carbocycles. The fourth-order valence-electron chi connectivity index (χ4n) is 6.72. The largest absolute Gasteiger partial charge is 0.660 e. The summed E-state index contributed by atoms with van der Waals surface area (Å²) in [5.41, 5.74) is 2.36. The number of nitrogens with one attached hydrogen (secondary N) is 1. The van der Waals surface area contributed by atoms with Crippen LogP contribution in [0.4, 0.5) is 4.39 Å². The molecule has 4 fully saturated rings. The van der Waals surface area contributed by atoms with Crippen molar-refractivity contribution in [2.75, 3.05) is 37.7 Å². The third-order valence-corrected chi connectivity index (χ3v) is 10.6. The van der Waals surface area contributed by atoms with Crippen LogP contribution in [-0.2, 0) is 50.1 Å². The first kappa shape index (κ1) is 32.0. The Morgan fingerprint density at radius 2 is 1.86 bits per heavy atom. The molecular formula is C31H39FN6O2SY-2. The number of aromatic nitrogens is 2. The summed E-state index contributed by atoms with van der Waals surface area (Å²) in [6, 6.07) is 14.7. The van der Waals surface area contributed by atoms with Gasteiger partial charge in [0.15, 0.2) is 0 Å². The van der Waals surface area contributed by atoms with E-state index in [4.69, 9.17) is 5.32 Å². The number of pyridine rings is 1. The zero-order valence-corrected chi connectivity index (χ0v) is 27.7. The molecule has 1 spiro atoms. The number of fused-ring (bicyclic) bond motifs is 1. The van der Waals surface area contributed by atoms with Crippen LogP contribution < -0.4 is 10.9 Å². The molecule has 223 valence electrons. The van der Waals surface area contributed by atoms with Crippen LogP contribution in [0.2, 0.25) is 0 Å². The summed E-state index contributed by atoms with van der Waals surface area (Å²) < 4.78 is 25.8. The Balaban J connectivity index is 0.000000169. The van der Waals surface area contributed by atoms with Gasteiger partial charge >= 0.3 is 0 Å². The van der Waals surface area contributed by atoms with E-state index in [9.17, 15) is 13.4 Å². The van der Waals surface area contributed by atoms with Crippen LogP contribution in [0.25, 0.3) is 16.3 Å². The van der Waals surface area contributed by atoms with Gasteiger partial charge in [-0.1, -0.05) is 55.2 Å². The molecule has 1 radical (unpaired) electrons. The minimum Gasteiger partial charge on any atom is -0.660 e.